The van der Waals surface area contributed by atoms with Crippen LogP contribution in [-0.2, 0) is 14.3 Å². The molecule has 0 amide bonds. The third-order valence-electron chi connectivity index (χ3n) is 1.09. The Morgan fingerprint density at radius 2 is 1.75 bits per heavy atom. The van der Waals surface area contributed by atoms with Crippen LogP contribution in [0.1, 0.15) is 0 Å². The second kappa shape index (κ2) is 3.49. The number of carbonyl (C=O) groups excluding carboxylic acids is 1. The number of hydrogen-bond acceptors (Lipinski definition) is 3. The number of methoxy groups -OCH3 is 2. The van der Waals surface area contributed by atoms with Crippen LogP contribution in [0.2, 0.25) is 0 Å². The number of ether oxygens (including phenoxy) is 2. The molecule has 7 heteroatoms. The minimum absolute atomic E-state index is 0.664. The largest absolute Gasteiger partial charge is 0.466 e. The van der Waals surface area contributed by atoms with E-state index in [0.717, 1.165) is 7.11 Å². The smallest absolute Gasteiger partial charge is 0.443 e. The van der Waals surface area contributed by atoms with Crippen molar-refractivity contribution in [2.45, 2.75) is 11.2 Å². The van der Waals surface area contributed by atoms with Crippen LogP contribution in [0.25, 0.3) is 0 Å². The lowest BCUT2D eigenvalue weighted by Gasteiger charge is -2.24. The van der Waals surface area contributed by atoms with Gasteiger partial charge in [-0.25, -0.2) is 4.79 Å². The summed E-state index contributed by atoms with van der Waals surface area (Å²) in [5.74, 6) is -1.70. The summed E-state index contributed by atoms with van der Waals surface area (Å²) in [7, 11) is 1.45. The molecule has 0 spiro atoms. The summed E-state index contributed by atoms with van der Waals surface area (Å²) in [5, 5.41) is -3.40. The molecule has 3 nitrogen and oxygen atoms in total. The molecule has 1 unspecified atom stereocenters. The van der Waals surface area contributed by atoms with Crippen LogP contribution in [0, 0.1) is 0 Å². The average molecular weight is 207 g/mol. The highest BCUT2D eigenvalue weighted by atomic mass is 35.5. The van der Waals surface area contributed by atoms with Gasteiger partial charge in [0.2, 0.25) is 0 Å². The van der Waals surface area contributed by atoms with Gasteiger partial charge in [-0.05, 0) is 0 Å². The molecule has 0 heterocycles. The van der Waals surface area contributed by atoms with E-state index in [1.165, 1.54) is 0 Å². The number of alkyl halides is 4. The minimum Gasteiger partial charge on any atom is -0.466 e. The highest BCUT2D eigenvalue weighted by molar-refractivity contribution is 6.33. The summed E-state index contributed by atoms with van der Waals surface area (Å²) in [4.78, 5) is 10.5. The topological polar surface area (TPSA) is 35.5 Å². The second-order valence-corrected chi connectivity index (χ2v) is 2.32. The fourth-order valence-electron chi connectivity index (χ4n) is 0.446. The summed E-state index contributed by atoms with van der Waals surface area (Å²) in [6.07, 6.45) is -5.00. The molecule has 0 aromatic carbocycles. The molecule has 0 bridgehead atoms. The van der Waals surface area contributed by atoms with Gasteiger partial charge in [-0.15, -0.1) is 0 Å². The highest BCUT2D eigenvalue weighted by Gasteiger charge is 2.61. The maximum Gasteiger partial charge on any atom is 0.443 e. The van der Waals surface area contributed by atoms with Gasteiger partial charge in [0.25, 0.3) is 0 Å². The lowest BCUT2D eigenvalue weighted by Crippen LogP contribution is -2.49. The number of carbonyl (C=O) groups is 1. The molecule has 0 fully saturated rings. The predicted molar refractivity (Wildman–Crippen MR) is 33.7 cm³/mol. The molecule has 1 atom stereocenters. The van der Waals surface area contributed by atoms with Crippen LogP contribution in [0.5, 0.6) is 0 Å². The van der Waals surface area contributed by atoms with Crippen molar-refractivity contribution >= 4 is 17.6 Å². The predicted octanol–water partition coefficient (Wildman–Crippen LogP) is 1.30. The number of hydrogen-bond donors (Lipinski definition) is 0. The van der Waals surface area contributed by atoms with Crippen LogP contribution in [0.15, 0.2) is 0 Å². The maximum absolute atomic E-state index is 12.0. The Morgan fingerprint density at radius 3 is 1.83 bits per heavy atom. The van der Waals surface area contributed by atoms with Gasteiger partial charge in [-0.3, -0.25) is 0 Å². The molecule has 72 valence electrons. The standard InChI is InChI=1S/C5H6ClF3O3/c1-11-3(10)4(6,12-2)5(7,8)9/h1-2H3. The van der Waals surface area contributed by atoms with Crippen LogP contribution in [-0.4, -0.2) is 31.4 Å². The summed E-state index contributed by atoms with van der Waals surface area (Å²) < 4.78 is 43.6. The minimum atomic E-state index is -5.00. The Morgan fingerprint density at radius 1 is 1.33 bits per heavy atom. The third-order valence-corrected chi connectivity index (χ3v) is 1.62. The number of halogens is 4. The SMILES string of the molecule is COC(=O)C(Cl)(OC)C(F)(F)F. The summed E-state index contributed by atoms with van der Waals surface area (Å²) in [6.45, 7) is 0. The summed E-state index contributed by atoms with van der Waals surface area (Å²) in [5.41, 5.74) is 0. The summed E-state index contributed by atoms with van der Waals surface area (Å²) >= 11 is 4.83. The van der Waals surface area contributed by atoms with Crippen LogP contribution in [0.3, 0.4) is 0 Å². The van der Waals surface area contributed by atoms with Gasteiger partial charge in [0.05, 0.1) is 7.11 Å². The monoisotopic (exact) mass is 206 g/mol. The first-order valence-electron chi connectivity index (χ1n) is 2.68. The molecular formula is C5H6ClF3O3. The average Bonchev–Trinajstić information content (AvgIpc) is 1.99. The number of rotatable bonds is 2. The molecule has 0 aliphatic heterocycles. The van der Waals surface area contributed by atoms with Crippen molar-refractivity contribution in [2.24, 2.45) is 0 Å². The van der Waals surface area contributed by atoms with Gasteiger partial charge < -0.3 is 9.47 Å². The van der Waals surface area contributed by atoms with E-state index in [9.17, 15) is 18.0 Å². The molecule has 0 aromatic heterocycles. The second-order valence-electron chi connectivity index (χ2n) is 1.79. The van der Waals surface area contributed by atoms with E-state index in [1.54, 1.807) is 0 Å². The Labute approximate surface area is 71.4 Å². The van der Waals surface area contributed by atoms with Gasteiger partial charge in [-0.1, -0.05) is 11.6 Å². The normalized spacial score (nSPS) is 16.8. The molecule has 0 saturated carbocycles. The Balaban J connectivity index is 4.80. The lowest BCUT2D eigenvalue weighted by atomic mass is 10.3. The van der Waals surface area contributed by atoms with Gasteiger partial charge in [0, 0.05) is 7.11 Å². The maximum atomic E-state index is 12.0. The van der Waals surface area contributed by atoms with Gasteiger partial charge in [0.15, 0.2) is 0 Å². The zero-order chi connectivity index (χ0) is 9.99. The van der Waals surface area contributed by atoms with E-state index in [-0.39, 0.29) is 0 Å². The third kappa shape index (κ3) is 1.81. The van der Waals surface area contributed by atoms with Crippen molar-refractivity contribution in [3.8, 4) is 0 Å². The Hall–Kier alpha value is -0.490. The summed E-state index contributed by atoms with van der Waals surface area (Å²) in [6, 6.07) is 0. The molecule has 0 radical (unpaired) electrons. The molecule has 0 saturated heterocycles. The van der Waals surface area contributed by atoms with Crippen LogP contribution >= 0.6 is 11.6 Å². The van der Waals surface area contributed by atoms with Crippen molar-refractivity contribution in [3.63, 3.8) is 0 Å². The molecule has 12 heavy (non-hydrogen) atoms. The highest BCUT2D eigenvalue weighted by Crippen LogP contribution is 2.37. The zero-order valence-electron chi connectivity index (χ0n) is 6.24. The van der Waals surface area contributed by atoms with Crippen molar-refractivity contribution < 1.29 is 27.4 Å². The van der Waals surface area contributed by atoms with Crippen molar-refractivity contribution in [1.82, 2.24) is 0 Å². The van der Waals surface area contributed by atoms with E-state index in [4.69, 9.17) is 11.6 Å². The van der Waals surface area contributed by atoms with Gasteiger partial charge in [-0.2, -0.15) is 13.2 Å². The van der Waals surface area contributed by atoms with E-state index < -0.39 is 17.2 Å². The zero-order valence-corrected chi connectivity index (χ0v) is 6.99. The van der Waals surface area contributed by atoms with Gasteiger partial charge in [0.1, 0.15) is 0 Å². The van der Waals surface area contributed by atoms with Crippen LogP contribution in [0.4, 0.5) is 13.2 Å². The first-order valence-corrected chi connectivity index (χ1v) is 3.06. The van der Waals surface area contributed by atoms with E-state index in [0.29, 0.717) is 7.11 Å². The molecular weight excluding hydrogens is 200 g/mol. The first kappa shape index (κ1) is 11.5. The van der Waals surface area contributed by atoms with E-state index in [2.05, 4.69) is 9.47 Å². The quantitative estimate of drug-likeness (QED) is 0.505. The Kier molecular flexibility index (Phi) is 3.34. The molecule has 0 N–H and O–H groups in total. The van der Waals surface area contributed by atoms with Crippen molar-refractivity contribution in [2.75, 3.05) is 14.2 Å². The fraction of sp³-hybridized carbons (Fsp3) is 0.800. The van der Waals surface area contributed by atoms with Crippen molar-refractivity contribution in [3.05, 3.63) is 0 Å². The van der Waals surface area contributed by atoms with Gasteiger partial charge >= 0.3 is 17.2 Å². The van der Waals surface area contributed by atoms with E-state index in [1.807, 2.05) is 0 Å². The molecule has 0 aliphatic rings. The number of esters is 1. The lowest BCUT2D eigenvalue weighted by molar-refractivity contribution is -0.239. The molecule has 0 rings (SSSR count). The molecule has 0 aromatic rings. The Bertz CT molecular complexity index is 181. The first-order chi connectivity index (χ1) is 5.29. The van der Waals surface area contributed by atoms with Crippen molar-refractivity contribution in [1.29, 1.82) is 0 Å². The molecule has 0 aliphatic carbocycles. The van der Waals surface area contributed by atoms with Crippen LogP contribution < -0.4 is 0 Å². The van der Waals surface area contributed by atoms with E-state index >= 15 is 0 Å². The fourth-order valence-corrected chi connectivity index (χ4v) is 0.523.